The molecule has 0 atom stereocenters. The van der Waals surface area contributed by atoms with Gasteiger partial charge in [-0.15, -0.1) is 5.10 Å². The molecule has 0 spiro atoms. The normalized spacial score (nSPS) is 13.4. The summed E-state index contributed by atoms with van der Waals surface area (Å²) in [5, 5.41) is 8.37. The lowest BCUT2D eigenvalue weighted by Gasteiger charge is -2.28. The molecule has 26 heavy (non-hydrogen) atoms. The number of aromatic nitrogens is 3. The SMILES string of the molecule is COc1cccc(-n2nnc(C(=O)N3CCCc4ccccc43)c2C)c1. The summed E-state index contributed by atoms with van der Waals surface area (Å²) in [6, 6.07) is 15.6. The number of para-hydroxylation sites is 1. The summed E-state index contributed by atoms with van der Waals surface area (Å²) >= 11 is 0. The Hall–Kier alpha value is -3.15. The highest BCUT2D eigenvalue weighted by Crippen LogP contribution is 2.28. The minimum Gasteiger partial charge on any atom is -0.497 e. The molecule has 0 saturated carbocycles. The van der Waals surface area contributed by atoms with Gasteiger partial charge in [0.1, 0.15) is 5.75 Å². The maximum absolute atomic E-state index is 13.1. The zero-order valence-electron chi connectivity index (χ0n) is 14.8. The van der Waals surface area contributed by atoms with E-state index in [0.717, 1.165) is 30.0 Å². The van der Waals surface area contributed by atoms with Crippen molar-refractivity contribution < 1.29 is 9.53 Å². The first-order chi connectivity index (χ1) is 12.7. The zero-order valence-corrected chi connectivity index (χ0v) is 14.8. The van der Waals surface area contributed by atoms with Gasteiger partial charge in [-0.1, -0.05) is 29.5 Å². The fraction of sp³-hybridized carbons (Fsp3) is 0.250. The zero-order chi connectivity index (χ0) is 18.1. The van der Waals surface area contributed by atoms with Gasteiger partial charge in [-0.2, -0.15) is 0 Å². The van der Waals surface area contributed by atoms with Gasteiger partial charge in [0.05, 0.1) is 18.5 Å². The minimum absolute atomic E-state index is 0.108. The molecule has 1 aromatic heterocycles. The van der Waals surface area contributed by atoms with Crippen LogP contribution in [0.15, 0.2) is 48.5 Å². The number of carbonyl (C=O) groups is 1. The second-order valence-corrected chi connectivity index (χ2v) is 6.33. The van der Waals surface area contributed by atoms with Crippen LogP contribution in [0.2, 0.25) is 0 Å². The van der Waals surface area contributed by atoms with Gasteiger partial charge < -0.3 is 9.64 Å². The van der Waals surface area contributed by atoms with Crippen LogP contribution in [0.1, 0.15) is 28.2 Å². The third kappa shape index (κ3) is 2.73. The van der Waals surface area contributed by atoms with E-state index >= 15 is 0 Å². The number of benzene rings is 2. The molecule has 0 saturated heterocycles. The lowest BCUT2D eigenvalue weighted by atomic mass is 10.0. The van der Waals surface area contributed by atoms with E-state index in [-0.39, 0.29) is 5.91 Å². The van der Waals surface area contributed by atoms with Crippen LogP contribution in [-0.2, 0) is 6.42 Å². The van der Waals surface area contributed by atoms with E-state index in [9.17, 15) is 4.79 Å². The summed E-state index contributed by atoms with van der Waals surface area (Å²) < 4.78 is 6.94. The highest BCUT2D eigenvalue weighted by Gasteiger charge is 2.27. The lowest BCUT2D eigenvalue weighted by molar-refractivity contribution is 0.0979. The highest BCUT2D eigenvalue weighted by atomic mass is 16.5. The molecule has 0 aliphatic carbocycles. The van der Waals surface area contributed by atoms with Crippen molar-refractivity contribution in [3.05, 3.63) is 65.5 Å². The summed E-state index contributed by atoms with van der Waals surface area (Å²) in [4.78, 5) is 14.9. The largest absolute Gasteiger partial charge is 0.497 e. The minimum atomic E-state index is -0.108. The Morgan fingerprint density at radius 2 is 2.00 bits per heavy atom. The molecular weight excluding hydrogens is 328 g/mol. The Labute approximate surface area is 152 Å². The molecule has 0 N–H and O–H groups in total. The summed E-state index contributed by atoms with van der Waals surface area (Å²) in [5.74, 6) is 0.624. The average molecular weight is 348 g/mol. The van der Waals surface area contributed by atoms with Crippen molar-refractivity contribution in [1.29, 1.82) is 0 Å². The van der Waals surface area contributed by atoms with E-state index in [0.29, 0.717) is 17.9 Å². The number of rotatable bonds is 3. The molecule has 4 rings (SSSR count). The number of nitrogens with zero attached hydrogens (tertiary/aromatic N) is 4. The van der Waals surface area contributed by atoms with Gasteiger partial charge >= 0.3 is 0 Å². The molecule has 2 aromatic carbocycles. The summed E-state index contributed by atoms with van der Waals surface area (Å²) in [6.45, 7) is 2.56. The van der Waals surface area contributed by atoms with Crippen LogP contribution in [0.3, 0.4) is 0 Å². The number of amides is 1. The second kappa shape index (κ2) is 6.63. The molecule has 0 bridgehead atoms. The maximum Gasteiger partial charge on any atom is 0.280 e. The average Bonchev–Trinajstić information content (AvgIpc) is 3.08. The molecule has 6 nitrogen and oxygen atoms in total. The van der Waals surface area contributed by atoms with E-state index in [1.54, 1.807) is 11.8 Å². The maximum atomic E-state index is 13.1. The van der Waals surface area contributed by atoms with E-state index in [1.165, 1.54) is 5.56 Å². The number of carbonyl (C=O) groups excluding carboxylic acids is 1. The molecule has 2 heterocycles. The first kappa shape index (κ1) is 16.3. The standard InChI is InChI=1S/C20H20N4O2/c1-14-19(21-22-24(14)16-9-5-10-17(13-16)26-2)20(25)23-12-6-8-15-7-3-4-11-18(15)23/h3-5,7,9-11,13H,6,8,12H2,1-2H3. The molecular formula is C20H20N4O2. The quantitative estimate of drug-likeness (QED) is 0.729. The second-order valence-electron chi connectivity index (χ2n) is 6.33. The van der Waals surface area contributed by atoms with Gasteiger partial charge in [0, 0.05) is 18.3 Å². The van der Waals surface area contributed by atoms with Gasteiger partial charge in [0.25, 0.3) is 5.91 Å². The number of methoxy groups -OCH3 is 1. The Balaban J connectivity index is 1.69. The predicted octanol–water partition coefficient (Wildman–Crippen LogP) is 3.18. The molecule has 0 fully saturated rings. The number of hydrogen-bond acceptors (Lipinski definition) is 4. The van der Waals surface area contributed by atoms with Crippen LogP contribution < -0.4 is 9.64 Å². The van der Waals surface area contributed by atoms with E-state index < -0.39 is 0 Å². The monoisotopic (exact) mass is 348 g/mol. The summed E-state index contributed by atoms with van der Waals surface area (Å²) in [6.07, 6.45) is 1.95. The van der Waals surface area contributed by atoms with E-state index in [1.807, 2.05) is 54.3 Å². The van der Waals surface area contributed by atoms with Crippen LogP contribution in [-0.4, -0.2) is 34.6 Å². The number of ether oxygens (including phenoxy) is 1. The first-order valence-electron chi connectivity index (χ1n) is 8.65. The van der Waals surface area contributed by atoms with Crippen molar-refractivity contribution in [2.75, 3.05) is 18.6 Å². The summed E-state index contributed by atoms with van der Waals surface area (Å²) in [5.41, 5.74) is 4.08. The van der Waals surface area contributed by atoms with Crippen molar-refractivity contribution in [1.82, 2.24) is 15.0 Å². The fourth-order valence-electron chi connectivity index (χ4n) is 3.39. The Bertz CT molecular complexity index is 964. The molecule has 132 valence electrons. The third-order valence-corrected chi connectivity index (χ3v) is 4.75. The smallest absolute Gasteiger partial charge is 0.280 e. The summed E-state index contributed by atoms with van der Waals surface area (Å²) in [7, 11) is 1.62. The molecule has 1 amide bonds. The van der Waals surface area contributed by atoms with Crippen LogP contribution in [0.5, 0.6) is 5.75 Å². The van der Waals surface area contributed by atoms with Crippen LogP contribution in [0.4, 0.5) is 5.69 Å². The van der Waals surface area contributed by atoms with Crippen molar-refractivity contribution in [2.45, 2.75) is 19.8 Å². The van der Waals surface area contributed by atoms with Crippen molar-refractivity contribution >= 4 is 11.6 Å². The van der Waals surface area contributed by atoms with Gasteiger partial charge in [-0.25, -0.2) is 4.68 Å². The van der Waals surface area contributed by atoms with Gasteiger partial charge in [-0.3, -0.25) is 4.79 Å². The van der Waals surface area contributed by atoms with Gasteiger partial charge in [0.2, 0.25) is 0 Å². The van der Waals surface area contributed by atoms with Gasteiger partial charge in [0.15, 0.2) is 5.69 Å². The van der Waals surface area contributed by atoms with Gasteiger partial charge in [-0.05, 0) is 43.5 Å². The topological polar surface area (TPSA) is 60.2 Å². The Morgan fingerprint density at radius 1 is 1.15 bits per heavy atom. The number of aryl methyl sites for hydroxylation is 1. The lowest BCUT2D eigenvalue weighted by Crippen LogP contribution is -2.36. The fourth-order valence-corrected chi connectivity index (χ4v) is 3.39. The molecule has 6 heteroatoms. The molecule has 3 aromatic rings. The highest BCUT2D eigenvalue weighted by molar-refractivity contribution is 6.06. The van der Waals surface area contributed by atoms with Crippen LogP contribution >= 0.6 is 0 Å². The molecule has 1 aliphatic heterocycles. The Kier molecular flexibility index (Phi) is 4.16. The number of fused-ring (bicyclic) bond motifs is 1. The predicted molar refractivity (Wildman–Crippen MR) is 99.1 cm³/mol. The van der Waals surface area contributed by atoms with E-state index in [2.05, 4.69) is 16.4 Å². The Morgan fingerprint density at radius 3 is 2.85 bits per heavy atom. The third-order valence-electron chi connectivity index (χ3n) is 4.75. The number of hydrogen-bond donors (Lipinski definition) is 0. The molecule has 1 aliphatic rings. The van der Waals surface area contributed by atoms with Crippen molar-refractivity contribution in [3.63, 3.8) is 0 Å². The molecule has 0 unspecified atom stereocenters. The van der Waals surface area contributed by atoms with Crippen LogP contribution in [0.25, 0.3) is 5.69 Å². The van der Waals surface area contributed by atoms with Crippen molar-refractivity contribution in [3.8, 4) is 11.4 Å². The molecule has 0 radical (unpaired) electrons. The van der Waals surface area contributed by atoms with Crippen molar-refractivity contribution in [2.24, 2.45) is 0 Å². The first-order valence-corrected chi connectivity index (χ1v) is 8.65. The van der Waals surface area contributed by atoms with E-state index in [4.69, 9.17) is 4.74 Å². The van der Waals surface area contributed by atoms with Crippen LogP contribution in [0, 0.1) is 6.92 Å². The number of anilines is 1.